The van der Waals surface area contributed by atoms with Gasteiger partial charge >= 0.3 is 5.97 Å². The lowest BCUT2D eigenvalue weighted by Gasteiger charge is -2.23. The van der Waals surface area contributed by atoms with E-state index in [4.69, 9.17) is 21.1 Å². The molecule has 1 heterocycles. The first-order valence-electron chi connectivity index (χ1n) is 9.39. The predicted octanol–water partition coefficient (Wildman–Crippen LogP) is 2.82. The zero-order valence-corrected chi connectivity index (χ0v) is 18.4. The van der Waals surface area contributed by atoms with Crippen molar-refractivity contribution in [1.29, 1.82) is 0 Å². The molecule has 0 radical (unpaired) electrons. The molecule has 32 heavy (non-hydrogen) atoms. The van der Waals surface area contributed by atoms with Gasteiger partial charge in [0.2, 0.25) is 10.0 Å². The third kappa shape index (κ3) is 5.60. The average molecular weight is 489 g/mol. The Balaban J connectivity index is 1.86. The molecule has 1 aliphatic heterocycles. The number of carbonyl (C=O) groups excluding carboxylic acids is 2. The molecule has 1 fully saturated rings. The van der Waals surface area contributed by atoms with Crippen LogP contribution >= 0.6 is 11.6 Å². The van der Waals surface area contributed by atoms with Crippen LogP contribution in [0.4, 0.5) is 14.5 Å². The van der Waals surface area contributed by atoms with Gasteiger partial charge in [0.1, 0.15) is 22.6 Å². The van der Waals surface area contributed by atoms with Crippen molar-refractivity contribution in [2.45, 2.75) is 17.9 Å². The Hall–Kier alpha value is -2.60. The topological polar surface area (TPSA) is 102 Å². The van der Waals surface area contributed by atoms with E-state index in [0.717, 1.165) is 28.6 Å². The summed E-state index contributed by atoms with van der Waals surface area (Å²) in [5.74, 6) is -3.08. The van der Waals surface area contributed by atoms with Crippen molar-refractivity contribution in [1.82, 2.24) is 4.31 Å². The normalized spacial score (nSPS) is 17.4. The van der Waals surface area contributed by atoms with Crippen molar-refractivity contribution in [3.05, 3.63) is 58.6 Å². The molecular weight excluding hydrogens is 470 g/mol. The minimum absolute atomic E-state index is 0.00322. The number of esters is 1. The van der Waals surface area contributed by atoms with Crippen molar-refractivity contribution in [3.8, 4) is 0 Å². The molecular formula is C20H19ClF2N2O6S. The SMILES string of the molecule is CC(=O)OC1COCCN(S(=O)(=O)c2cc(C(=O)Nc3ccc(F)c(Cl)c3)ccc2F)C1. The van der Waals surface area contributed by atoms with E-state index in [0.29, 0.717) is 0 Å². The second-order valence-electron chi connectivity index (χ2n) is 6.90. The van der Waals surface area contributed by atoms with Crippen LogP contribution in [0.5, 0.6) is 0 Å². The monoisotopic (exact) mass is 488 g/mol. The number of ether oxygens (including phenoxy) is 2. The van der Waals surface area contributed by atoms with Gasteiger partial charge in [-0.3, -0.25) is 9.59 Å². The van der Waals surface area contributed by atoms with Crippen LogP contribution in [0.25, 0.3) is 0 Å². The number of carbonyl (C=O) groups is 2. The molecule has 2 aromatic rings. The fraction of sp³-hybridized carbons (Fsp3) is 0.300. The Morgan fingerprint density at radius 3 is 2.59 bits per heavy atom. The zero-order chi connectivity index (χ0) is 23.5. The van der Waals surface area contributed by atoms with E-state index in [-0.39, 0.29) is 42.6 Å². The highest BCUT2D eigenvalue weighted by atomic mass is 35.5. The molecule has 1 atom stereocenters. The van der Waals surface area contributed by atoms with Gasteiger partial charge in [0.05, 0.1) is 24.8 Å². The van der Waals surface area contributed by atoms with E-state index in [2.05, 4.69) is 5.32 Å². The van der Waals surface area contributed by atoms with Crippen LogP contribution in [0.1, 0.15) is 17.3 Å². The number of nitrogens with zero attached hydrogens (tertiary/aromatic N) is 1. The quantitative estimate of drug-likeness (QED) is 0.649. The van der Waals surface area contributed by atoms with Gasteiger partial charge in [0.25, 0.3) is 5.91 Å². The fourth-order valence-electron chi connectivity index (χ4n) is 3.04. The minimum Gasteiger partial charge on any atom is -0.459 e. The Bertz CT molecular complexity index is 1140. The van der Waals surface area contributed by atoms with Crippen molar-refractivity contribution < 1.29 is 36.3 Å². The maximum absolute atomic E-state index is 14.5. The Morgan fingerprint density at radius 2 is 1.91 bits per heavy atom. The molecule has 3 rings (SSSR count). The summed E-state index contributed by atoms with van der Waals surface area (Å²) in [6.07, 6.45) is -0.859. The molecule has 1 amide bonds. The molecule has 8 nitrogen and oxygen atoms in total. The zero-order valence-electron chi connectivity index (χ0n) is 16.8. The van der Waals surface area contributed by atoms with E-state index in [1.54, 1.807) is 0 Å². The van der Waals surface area contributed by atoms with Crippen LogP contribution in [0.2, 0.25) is 5.02 Å². The number of hydrogen-bond donors (Lipinski definition) is 1. The average Bonchev–Trinajstić information content (AvgIpc) is 2.96. The van der Waals surface area contributed by atoms with Crippen LogP contribution in [0.15, 0.2) is 41.3 Å². The van der Waals surface area contributed by atoms with Gasteiger partial charge in [0.15, 0.2) is 0 Å². The summed E-state index contributed by atoms with van der Waals surface area (Å²) < 4.78 is 65.3. The third-order valence-corrected chi connectivity index (χ3v) is 6.69. The molecule has 1 saturated heterocycles. The lowest BCUT2D eigenvalue weighted by atomic mass is 10.2. The number of sulfonamides is 1. The molecule has 1 N–H and O–H groups in total. The van der Waals surface area contributed by atoms with E-state index in [9.17, 15) is 26.8 Å². The number of rotatable bonds is 5. The van der Waals surface area contributed by atoms with Gasteiger partial charge in [-0.1, -0.05) is 11.6 Å². The summed E-state index contributed by atoms with van der Waals surface area (Å²) in [4.78, 5) is 23.1. The van der Waals surface area contributed by atoms with Gasteiger partial charge in [0, 0.05) is 24.7 Å². The summed E-state index contributed by atoms with van der Waals surface area (Å²) in [6.45, 7) is 0.872. The molecule has 1 unspecified atom stereocenters. The van der Waals surface area contributed by atoms with E-state index in [1.165, 1.54) is 19.1 Å². The van der Waals surface area contributed by atoms with Crippen LogP contribution in [-0.4, -0.2) is 57.0 Å². The second-order valence-corrected chi connectivity index (χ2v) is 9.21. The summed E-state index contributed by atoms with van der Waals surface area (Å²) in [6, 6.07) is 6.38. The molecule has 0 aliphatic carbocycles. The molecule has 1 aliphatic rings. The first-order chi connectivity index (χ1) is 15.1. The van der Waals surface area contributed by atoms with E-state index >= 15 is 0 Å². The molecule has 0 spiro atoms. The van der Waals surface area contributed by atoms with Crippen molar-refractivity contribution >= 4 is 39.2 Å². The van der Waals surface area contributed by atoms with Gasteiger partial charge in [-0.15, -0.1) is 0 Å². The smallest absolute Gasteiger partial charge is 0.303 e. The summed E-state index contributed by atoms with van der Waals surface area (Å²) in [5, 5.41) is 2.23. The molecule has 172 valence electrons. The van der Waals surface area contributed by atoms with Crippen molar-refractivity contribution in [3.63, 3.8) is 0 Å². The number of benzene rings is 2. The highest BCUT2D eigenvalue weighted by Gasteiger charge is 2.33. The Kier molecular flexibility index (Phi) is 7.44. The fourth-order valence-corrected chi connectivity index (χ4v) is 4.76. The number of nitrogens with one attached hydrogen (secondary N) is 1. The summed E-state index contributed by atoms with van der Waals surface area (Å²) >= 11 is 5.69. The molecule has 12 heteroatoms. The Labute approximate surface area is 188 Å². The third-order valence-electron chi connectivity index (χ3n) is 4.52. The number of anilines is 1. The van der Waals surface area contributed by atoms with Crippen molar-refractivity contribution in [2.24, 2.45) is 0 Å². The van der Waals surface area contributed by atoms with Crippen LogP contribution in [-0.2, 0) is 24.3 Å². The van der Waals surface area contributed by atoms with Gasteiger partial charge < -0.3 is 14.8 Å². The van der Waals surface area contributed by atoms with Gasteiger partial charge in [-0.05, 0) is 36.4 Å². The first-order valence-corrected chi connectivity index (χ1v) is 11.2. The highest BCUT2D eigenvalue weighted by Crippen LogP contribution is 2.24. The molecule has 0 saturated carbocycles. The van der Waals surface area contributed by atoms with E-state index in [1.807, 2.05) is 0 Å². The van der Waals surface area contributed by atoms with Crippen LogP contribution < -0.4 is 5.32 Å². The van der Waals surface area contributed by atoms with Crippen LogP contribution in [0.3, 0.4) is 0 Å². The number of amides is 1. The first kappa shape index (κ1) is 24.1. The molecule has 2 aromatic carbocycles. The predicted molar refractivity (Wildman–Crippen MR) is 111 cm³/mol. The van der Waals surface area contributed by atoms with E-state index < -0.39 is 44.5 Å². The molecule has 0 bridgehead atoms. The maximum Gasteiger partial charge on any atom is 0.303 e. The highest BCUT2D eigenvalue weighted by molar-refractivity contribution is 7.89. The standard InChI is InChI=1S/C20H19ClF2N2O6S/c1-12(26)31-15-10-25(6-7-30-11-15)32(28,29)19-8-13(2-4-18(19)23)20(27)24-14-3-5-17(22)16(21)9-14/h2-5,8-9,15H,6-7,10-11H2,1H3,(H,24,27). The number of hydrogen-bond acceptors (Lipinski definition) is 6. The number of halogens is 3. The van der Waals surface area contributed by atoms with Gasteiger partial charge in [-0.25, -0.2) is 17.2 Å². The van der Waals surface area contributed by atoms with Crippen LogP contribution in [0, 0.1) is 11.6 Å². The van der Waals surface area contributed by atoms with Crippen molar-refractivity contribution in [2.75, 3.05) is 31.6 Å². The second kappa shape index (κ2) is 9.90. The Morgan fingerprint density at radius 1 is 1.19 bits per heavy atom. The maximum atomic E-state index is 14.5. The molecule has 0 aromatic heterocycles. The minimum atomic E-state index is -4.39. The summed E-state index contributed by atoms with van der Waals surface area (Å²) in [5.41, 5.74) is 0.0250. The van der Waals surface area contributed by atoms with Gasteiger partial charge in [-0.2, -0.15) is 4.31 Å². The lowest BCUT2D eigenvalue weighted by Crippen LogP contribution is -2.39. The summed E-state index contributed by atoms with van der Waals surface area (Å²) in [7, 11) is -4.39. The largest absolute Gasteiger partial charge is 0.459 e. The lowest BCUT2D eigenvalue weighted by molar-refractivity contribution is -0.148.